The van der Waals surface area contributed by atoms with Gasteiger partial charge in [0, 0.05) is 51.1 Å². The van der Waals surface area contributed by atoms with Gasteiger partial charge in [-0.3, -0.25) is 4.57 Å². The van der Waals surface area contributed by atoms with Crippen molar-refractivity contribution in [3.8, 4) is 5.69 Å². The molecule has 1 aliphatic heterocycles. The number of aliphatic hydroxyl groups is 1. The standard InChI is InChI=1S/C26H33Br2N3O/c1-15(2)20-13-21(27)25(22(28)14-20)31-18(5)17(4)24-23(12-16(3)29-26(24)31)30-9-6-19(7-10-30)8-11-32/h12-15,19,32H,6-11H2,1-5H3. The van der Waals surface area contributed by atoms with Gasteiger partial charge in [-0.05, 0) is 113 Å². The largest absolute Gasteiger partial charge is 0.396 e. The van der Waals surface area contributed by atoms with Crippen LogP contribution in [-0.2, 0) is 0 Å². The molecule has 0 unspecified atom stereocenters. The summed E-state index contributed by atoms with van der Waals surface area (Å²) in [6.07, 6.45) is 3.19. The molecule has 1 N–H and O–H groups in total. The van der Waals surface area contributed by atoms with E-state index in [0.717, 1.165) is 58.3 Å². The summed E-state index contributed by atoms with van der Waals surface area (Å²) >= 11 is 7.72. The van der Waals surface area contributed by atoms with Crippen molar-refractivity contribution >= 4 is 48.6 Å². The molecule has 0 amide bonds. The highest BCUT2D eigenvalue weighted by Gasteiger charge is 2.25. The SMILES string of the molecule is Cc1cc(N2CCC(CCO)CC2)c2c(C)c(C)n(-c3c(Br)cc(C(C)C)cc3Br)c2n1. The topological polar surface area (TPSA) is 41.3 Å². The van der Waals surface area contributed by atoms with Crippen molar-refractivity contribution in [3.63, 3.8) is 0 Å². The number of benzene rings is 1. The van der Waals surface area contributed by atoms with Gasteiger partial charge in [-0.2, -0.15) is 0 Å². The zero-order valence-corrected chi connectivity index (χ0v) is 22.8. The van der Waals surface area contributed by atoms with Crippen LogP contribution in [0.3, 0.4) is 0 Å². The zero-order valence-electron chi connectivity index (χ0n) is 19.7. The summed E-state index contributed by atoms with van der Waals surface area (Å²) in [6.45, 7) is 13.3. The van der Waals surface area contributed by atoms with Gasteiger partial charge in [0.25, 0.3) is 0 Å². The summed E-state index contributed by atoms with van der Waals surface area (Å²) in [5, 5.41) is 10.6. The summed E-state index contributed by atoms with van der Waals surface area (Å²) in [4.78, 5) is 7.56. The van der Waals surface area contributed by atoms with Crippen LogP contribution in [-0.4, -0.2) is 34.4 Å². The van der Waals surface area contributed by atoms with E-state index in [-0.39, 0.29) is 0 Å². The molecule has 0 radical (unpaired) electrons. The molecule has 0 saturated carbocycles. The van der Waals surface area contributed by atoms with Crippen LogP contribution in [0.5, 0.6) is 0 Å². The third kappa shape index (κ3) is 4.26. The second-order valence-corrected chi connectivity index (χ2v) is 11.2. The molecule has 1 saturated heterocycles. The Bertz CT molecular complexity index is 1120. The molecule has 0 spiro atoms. The molecule has 32 heavy (non-hydrogen) atoms. The van der Waals surface area contributed by atoms with Gasteiger partial charge >= 0.3 is 0 Å². The third-order valence-electron chi connectivity index (χ3n) is 6.99. The van der Waals surface area contributed by atoms with E-state index in [1.807, 2.05) is 0 Å². The van der Waals surface area contributed by atoms with Crippen LogP contribution in [0, 0.1) is 26.7 Å². The number of fused-ring (bicyclic) bond motifs is 1. The number of aryl methyl sites for hydroxylation is 2. The molecule has 0 aliphatic carbocycles. The Kier molecular flexibility index (Phi) is 7.04. The zero-order chi connectivity index (χ0) is 23.2. The Labute approximate surface area is 208 Å². The molecular weight excluding hydrogens is 530 g/mol. The molecule has 4 rings (SSSR count). The van der Waals surface area contributed by atoms with E-state index in [1.54, 1.807) is 0 Å². The second kappa shape index (κ2) is 9.47. The van der Waals surface area contributed by atoms with Crippen LogP contribution < -0.4 is 4.90 Å². The van der Waals surface area contributed by atoms with E-state index in [4.69, 9.17) is 4.98 Å². The highest BCUT2D eigenvalue weighted by Crippen LogP contribution is 2.41. The first-order valence-corrected chi connectivity index (χ1v) is 13.2. The Hall–Kier alpha value is -1.37. The quantitative estimate of drug-likeness (QED) is 0.357. The normalized spacial score (nSPS) is 15.3. The van der Waals surface area contributed by atoms with Crippen molar-refractivity contribution in [2.75, 3.05) is 24.6 Å². The highest BCUT2D eigenvalue weighted by molar-refractivity contribution is 9.11. The molecule has 3 aromatic rings. The average molecular weight is 563 g/mol. The summed E-state index contributed by atoms with van der Waals surface area (Å²) in [6, 6.07) is 6.71. The van der Waals surface area contributed by atoms with Gasteiger partial charge in [-0.1, -0.05) is 13.8 Å². The fourth-order valence-corrected chi connectivity index (χ4v) is 6.55. The first-order valence-electron chi connectivity index (χ1n) is 11.6. The van der Waals surface area contributed by atoms with E-state index in [2.05, 4.69) is 94.1 Å². The van der Waals surface area contributed by atoms with E-state index in [1.165, 1.54) is 27.9 Å². The maximum absolute atomic E-state index is 9.32. The molecule has 4 nitrogen and oxygen atoms in total. The highest BCUT2D eigenvalue weighted by atomic mass is 79.9. The third-order valence-corrected chi connectivity index (χ3v) is 8.20. The van der Waals surface area contributed by atoms with Crippen LogP contribution in [0.4, 0.5) is 5.69 Å². The fourth-order valence-electron chi connectivity index (χ4n) is 4.97. The lowest BCUT2D eigenvalue weighted by molar-refractivity contribution is 0.240. The molecule has 2 aromatic heterocycles. The van der Waals surface area contributed by atoms with Crippen LogP contribution in [0.15, 0.2) is 27.1 Å². The van der Waals surface area contributed by atoms with Crippen LogP contribution in [0.2, 0.25) is 0 Å². The number of hydrogen-bond donors (Lipinski definition) is 1. The van der Waals surface area contributed by atoms with E-state index in [0.29, 0.717) is 18.4 Å². The Balaban J connectivity index is 1.87. The van der Waals surface area contributed by atoms with Gasteiger partial charge < -0.3 is 10.0 Å². The smallest absolute Gasteiger partial charge is 0.147 e. The Morgan fingerprint density at radius 1 is 1.06 bits per heavy atom. The van der Waals surface area contributed by atoms with Gasteiger partial charge in [0.2, 0.25) is 0 Å². The monoisotopic (exact) mass is 561 g/mol. The molecule has 1 aromatic carbocycles. The van der Waals surface area contributed by atoms with Crippen molar-refractivity contribution in [3.05, 3.63) is 49.7 Å². The second-order valence-electron chi connectivity index (χ2n) is 9.46. The molecule has 0 bridgehead atoms. The van der Waals surface area contributed by atoms with Gasteiger partial charge in [0.1, 0.15) is 5.65 Å². The average Bonchev–Trinajstić information content (AvgIpc) is 2.98. The molecule has 3 heterocycles. The first-order chi connectivity index (χ1) is 15.2. The number of hydrogen-bond acceptors (Lipinski definition) is 3. The Morgan fingerprint density at radius 2 is 1.69 bits per heavy atom. The predicted octanol–water partition coefficient (Wildman–Crippen LogP) is 7.20. The van der Waals surface area contributed by atoms with Gasteiger partial charge in [0.05, 0.1) is 5.69 Å². The molecule has 1 aliphatic rings. The number of rotatable bonds is 5. The van der Waals surface area contributed by atoms with E-state index in [9.17, 15) is 5.11 Å². The molecule has 172 valence electrons. The van der Waals surface area contributed by atoms with Crippen LogP contribution in [0.25, 0.3) is 16.7 Å². The molecule has 0 atom stereocenters. The molecular formula is C26H33Br2N3O. The number of pyridine rings is 1. The van der Waals surface area contributed by atoms with Crippen molar-refractivity contribution in [2.45, 2.75) is 59.8 Å². The van der Waals surface area contributed by atoms with Gasteiger partial charge in [-0.15, -0.1) is 0 Å². The Morgan fingerprint density at radius 3 is 2.25 bits per heavy atom. The fraction of sp³-hybridized carbons (Fsp3) is 0.500. The van der Waals surface area contributed by atoms with Gasteiger partial charge in [-0.25, -0.2) is 4.98 Å². The lowest BCUT2D eigenvalue weighted by Crippen LogP contribution is -2.34. The van der Waals surface area contributed by atoms with Crippen molar-refractivity contribution < 1.29 is 5.11 Å². The van der Waals surface area contributed by atoms with Crippen molar-refractivity contribution in [2.24, 2.45) is 5.92 Å². The lowest BCUT2D eigenvalue weighted by Gasteiger charge is -2.34. The van der Waals surface area contributed by atoms with Gasteiger partial charge in [0.15, 0.2) is 0 Å². The van der Waals surface area contributed by atoms with Crippen molar-refractivity contribution in [1.29, 1.82) is 0 Å². The number of anilines is 1. The van der Waals surface area contributed by atoms with Crippen LogP contribution in [0.1, 0.15) is 61.5 Å². The number of aromatic nitrogens is 2. The minimum Gasteiger partial charge on any atom is -0.396 e. The maximum atomic E-state index is 9.32. The summed E-state index contributed by atoms with van der Waals surface area (Å²) in [5.41, 5.74) is 8.26. The summed E-state index contributed by atoms with van der Waals surface area (Å²) in [5.74, 6) is 1.09. The summed E-state index contributed by atoms with van der Waals surface area (Å²) < 4.78 is 4.45. The molecule has 1 fully saturated rings. The minimum atomic E-state index is 0.295. The van der Waals surface area contributed by atoms with E-state index >= 15 is 0 Å². The lowest BCUT2D eigenvalue weighted by atomic mass is 9.93. The number of halogens is 2. The van der Waals surface area contributed by atoms with E-state index < -0.39 is 0 Å². The number of piperidine rings is 1. The predicted molar refractivity (Wildman–Crippen MR) is 141 cm³/mol. The number of aliphatic hydroxyl groups excluding tert-OH is 1. The molecule has 6 heteroatoms. The summed E-state index contributed by atoms with van der Waals surface area (Å²) in [7, 11) is 0. The maximum Gasteiger partial charge on any atom is 0.147 e. The minimum absolute atomic E-state index is 0.295. The number of nitrogens with zero attached hydrogens (tertiary/aromatic N) is 3. The van der Waals surface area contributed by atoms with Crippen molar-refractivity contribution in [1.82, 2.24) is 9.55 Å². The first kappa shape index (κ1) is 23.8. The van der Waals surface area contributed by atoms with Crippen LogP contribution >= 0.6 is 31.9 Å².